The molecule has 27 heavy (non-hydrogen) atoms. The van der Waals surface area contributed by atoms with Gasteiger partial charge in [-0.1, -0.05) is 41.9 Å². The van der Waals surface area contributed by atoms with Crippen molar-refractivity contribution >= 4 is 17.3 Å². The Kier molecular flexibility index (Phi) is 6.61. The van der Waals surface area contributed by atoms with Gasteiger partial charge in [-0.25, -0.2) is 0 Å². The summed E-state index contributed by atoms with van der Waals surface area (Å²) >= 11 is 6.04. The van der Waals surface area contributed by atoms with Crippen LogP contribution in [-0.4, -0.2) is 6.61 Å². The molecule has 0 radical (unpaired) electrons. The Balaban J connectivity index is 1.68. The molecule has 3 aromatic rings. The first-order valence-corrected chi connectivity index (χ1v) is 9.45. The first-order valence-electron chi connectivity index (χ1n) is 9.07. The molecule has 1 N–H and O–H groups in total. The molecule has 0 saturated heterocycles. The quantitative estimate of drug-likeness (QED) is 0.501. The lowest BCUT2D eigenvalue weighted by Gasteiger charge is -2.14. The van der Waals surface area contributed by atoms with Crippen LogP contribution in [-0.2, 0) is 13.2 Å². The zero-order valence-corrected chi connectivity index (χ0v) is 16.4. The van der Waals surface area contributed by atoms with Gasteiger partial charge in [-0.3, -0.25) is 0 Å². The molecule has 0 aliphatic carbocycles. The van der Waals surface area contributed by atoms with Crippen molar-refractivity contribution in [2.24, 2.45) is 0 Å². The van der Waals surface area contributed by atoms with E-state index < -0.39 is 0 Å². The molecule has 0 unspecified atom stereocenters. The molecule has 0 atom stereocenters. The summed E-state index contributed by atoms with van der Waals surface area (Å²) in [5, 5.41) is 4.15. The zero-order valence-electron chi connectivity index (χ0n) is 15.7. The van der Waals surface area contributed by atoms with Gasteiger partial charge >= 0.3 is 0 Å². The molecule has 0 aliphatic heterocycles. The van der Waals surface area contributed by atoms with Gasteiger partial charge in [0.15, 0.2) is 11.5 Å². The smallest absolute Gasteiger partial charge is 0.161 e. The second kappa shape index (κ2) is 9.33. The number of rotatable bonds is 8. The average Bonchev–Trinajstić information content (AvgIpc) is 2.66. The molecule has 0 aliphatic rings. The van der Waals surface area contributed by atoms with Gasteiger partial charge in [0.05, 0.1) is 6.61 Å². The van der Waals surface area contributed by atoms with Crippen LogP contribution >= 0.6 is 11.6 Å². The SMILES string of the molecule is CCOc1cc(CNc2cccc(C)c2)ccc1OCc1cccc(Cl)c1. The molecule has 4 heteroatoms. The molecule has 0 saturated carbocycles. The van der Waals surface area contributed by atoms with Gasteiger partial charge in [0.25, 0.3) is 0 Å². The van der Waals surface area contributed by atoms with E-state index in [-0.39, 0.29) is 0 Å². The maximum Gasteiger partial charge on any atom is 0.161 e. The number of anilines is 1. The van der Waals surface area contributed by atoms with Gasteiger partial charge in [-0.15, -0.1) is 0 Å². The Hall–Kier alpha value is -2.65. The van der Waals surface area contributed by atoms with E-state index in [0.29, 0.717) is 18.2 Å². The molecule has 0 amide bonds. The van der Waals surface area contributed by atoms with Crippen LogP contribution in [0.2, 0.25) is 5.02 Å². The van der Waals surface area contributed by atoms with E-state index in [1.54, 1.807) is 0 Å². The van der Waals surface area contributed by atoms with Crippen molar-refractivity contribution in [3.05, 3.63) is 88.4 Å². The molecule has 3 aromatic carbocycles. The van der Waals surface area contributed by atoms with Crippen LogP contribution in [0.25, 0.3) is 0 Å². The van der Waals surface area contributed by atoms with Crippen molar-refractivity contribution < 1.29 is 9.47 Å². The number of benzene rings is 3. The Morgan fingerprint density at radius 1 is 0.852 bits per heavy atom. The largest absolute Gasteiger partial charge is 0.490 e. The van der Waals surface area contributed by atoms with Crippen molar-refractivity contribution in [3.8, 4) is 11.5 Å². The van der Waals surface area contributed by atoms with Gasteiger partial charge in [-0.05, 0) is 66.9 Å². The molecular weight excluding hydrogens is 358 g/mol. The van der Waals surface area contributed by atoms with E-state index in [1.165, 1.54) is 5.56 Å². The number of nitrogens with one attached hydrogen (secondary N) is 1. The van der Waals surface area contributed by atoms with Gasteiger partial charge in [0.2, 0.25) is 0 Å². The highest BCUT2D eigenvalue weighted by Crippen LogP contribution is 2.30. The summed E-state index contributed by atoms with van der Waals surface area (Å²) in [6.07, 6.45) is 0. The van der Waals surface area contributed by atoms with Crippen molar-refractivity contribution in [2.75, 3.05) is 11.9 Å². The first kappa shape index (κ1) is 19.1. The van der Waals surface area contributed by atoms with E-state index in [1.807, 2.05) is 43.3 Å². The Morgan fingerprint density at radius 3 is 2.48 bits per heavy atom. The summed E-state index contributed by atoms with van der Waals surface area (Å²) in [5.41, 5.74) is 4.50. The normalized spacial score (nSPS) is 10.5. The van der Waals surface area contributed by atoms with Crippen molar-refractivity contribution in [1.29, 1.82) is 0 Å². The highest BCUT2D eigenvalue weighted by molar-refractivity contribution is 6.30. The van der Waals surface area contributed by atoms with Crippen molar-refractivity contribution in [1.82, 2.24) is 0 Å². The van der Waals surface area contributed by atoms with Crippen LogP contribution < -0.4 is 14.8 Å². The lowest BCUT2D eigenvalue weighted by Crippen LogP contribution is -2.03. The fourth-order valence-corrected chi connectivity index (χ4v) is 3.01. The summed E-state index contributed by atoms with van der Waals surface area (Å²) in [6.45, 7) is 5.81. The molecule has 0 fully saturated rings. The first-order chi connectivity index (χ1) is 13.1. The number of aryl methyl sites for hydroxylation is 1. The minimum atomic E-state index is 0.446. The third-order valence-corrected chi connectivity index (χ3v) is 4.34. The minimum Gasteiger partial charge on any atom is -0.490 e. The van der Waals surface area contributed by atoms with Gasteiger partial charge in [0, 0.05) is 17.3 Å². The summed E-state index contributed by atoms with van der Waals surface area (Å²) in [4.78, 5) is 0. The van der Waals surface area contributed by atoms with Crippen LogP contribution in [0.15, 0.2) is 66.7 Å². The second-order valence-corrected chi connectivity index (χ2v) is 6.79. The Labute approximate surface area is 165 Å². The lowest BCUT2D eigenvalue weighted by atomic mass is 10.1. The number of ether oxygens (including phenoxy) is 2. The van der Waals surface area contributed by atoms with E-state index in [2.05, 4.69) is 42.6 Å². The molecule has 0 heterocycles. The summed E-state index contributed by atoms with van der Waals surface area (Å²) in [5.74, 6) is 1.49. The van der Waals surface area contributed by atoms with Gasteiger partial charge in [-0.2, -0.15) is 0 Å². The van der Waals surface area contributed by atoms with Crippen LogP contribution in [0, 0.1) is 6.92 Å². The second-order valence-electron chi connectivity index (χ2n) is 6.36. The standard InChI is InChI=1S/C23H24ClNO2/c1-3-26-23-14-18(15-25-21-9-4-6-17(2)12-21)10-11-22(23)27-16-19-7-5-8-20(24)13-19/h4-14,25H,3,15-16H2,1-2H3. The monoisotopic (exact) mass is 381 g/mol. The average molecular weight is 382 g/mol. The molecule has 3 nitrogen and oxygen atoms in total. The number of hydrogen-bond acceptors (Lipinski definition) is 3. The predicted octanol–water partition coefficient (Wildman–Crippen LogP) is 6.24. The zero-order chi connectivity index (χ0) is 19.1. The van der Waals surface area contributed by atoms with Gasteiger partial charge in [0.1, 0.15) is 6.61 Å². The maximum atomic E-state index is 6.04. The predicted molar refractivity (Wildman–Crippen MR) is 112 cm³/mol. The Morgan fingerprint density at radius 2 is 1.70 bits per heavy atom. The number of hydrogen-bond donors (Lipinski definition) is 1. The van der Waals surface area contributed by atoms with E-state index in [9.17, 15) is 0 Å². The summed E-state index contributed by atoms with van der Waals surface area (Å²) in [7, 11) is 0. The molecule has 3 rings (SSSR count). The fourth-order valence-electron chi connectivity index (χ4n) is 2.80. The molecule has 0 bridgehead atoms. The highest BCUT2D eigenvalue weighted by atomic mass is 35.5. The molecular formula is C23H24ClNO2. The van der Waals surface area contributed by atoms with Crippen LogP contribution in [0.4, 0.5) is 5.69 Å². The summed E-state index contributed by atoms with van der Waals surface area (Å²) < 4.78 is 11.7. The number of halogens is 1. The third-order valence-electron chi connectivity index (χ3n) is 4.11. The Bertz CT molecular complexity index is 895. The van der Waals surface area contributed by atoms with Crippen molar-refractivity contribution in [2.45, 2.75) is 27.0 Å². The topological polar surface area (TPSA) is 30.5 Å². The molecule has 0 aromatic heterocycles. The van der Waals surface area contributed by atoms with E-state index in [4.69, 9.17) is 21.1 Å². The van der Waals surface area contributed by atoms with E-state index in [0.717, 1.165) is 34.9 Å². The molecule has 0 spiro atoms. The fraction of sp³-hybridized carbons (Fsp3) is 0.217. The summed E-state index contributed by atoms with van der Waals surface area (Å²) in [6, 6.07) is 22.1. The van der Waals surface area contributed by atoms with Crippen molar-refractivity contribution in [3.63, 3.8) is 0 Å². The van der Waals surface area contributed by atoms with E-state index >= 15 is 0 Å². The molecule has 140 valence electrons. The van der Waals surface area contributed by atoms with Crippen LogP contribution in [0.5, 0.6) is 11.5 Å². The van der Waals surface area contributed by atoms with Crippen LogP contribution in [0.1, 0.15) is 23.6 Å². The minimum absolute atomic E-state index is 0.446. The highest BCUT2D eigenvalue weighted by Gasteiger charge is 2.08. The lowest BCUT2D eigenvalue weighted by molar-refractivity contribution is 0.269. The maximum absolute atomic E-state index is 6.04. The van der Waals surface area contributed by atoms with Gasteiger partial charge < -0.3 is 14.8 Å². The third kappa shape index (κ3) is 5.66. The van der Waals surface area contributed by atoms with Crippen LogP contribution in [0.3, 0.4) is 0 Å².